The molecule has 0 aliphatic rings. The summed E-state index contributed by atoms with van der Waals surface area (Å²) in [7, 11) is 0. The molecule has 0 heterocycles. The molecular formula is C14H11F4NO. The van der Waals surface area contributed by atoms with E-state index in [9.17, 15) is 17.6 Å². The maximum Gasteiger partial charge on any atom is 0.387 e. The fourth-order valence-corrected chi connectivity index (χ4v) is 1.63. The summed E-state index contributed by atoms with van der Waals surface area (Å²) in [5, 5.41) is 2.73. The molecule has 20 heavy (non-hydrogen) atoms. The first-order valence-corrected chi connectivity index (χ1v) is 5.78. The first-order valence-electron chi connectivity index (χ1n) is 5.78. The van der Waals surface area contributed by atoms with Gasteiger partial charge < -0.3 is 10.1 Å². The van der Waals surface area contributed by atoms with Crippen molar-refractivity contribution >= 4 is 5.69 Å². The van der Waals surface area contributed by atoms with Gasteiger partial charge in [0.2, 0.25) is 0 Å². The summed E-state index contributed by atoms with van der Waals surface area (Å²) in [6.07, 6.45) is 0. The van der Waals surface area contributed by atoms with Gasteiger partial charge >= 0.3 is 6.61 Å². The lowest BCUT2D eigenvalue weighted by molar-refractivity contribution is -0.0498. The molecule has 0 saturated heterocycles. The SMILES string of the molecule is Fc1cccc(NCc2ccc(OC(F)F)cc2)c1F. The lowest BCUT2D eigenvalue weighted by atomic mass is 10.2. The lowest BCUT2D eigenvalue weighted by Crippen LogP contribution is -2.04. The van der Waals surface area contributed by atoms with Crippen molar-refractivity contribution in [1.82, 2.24) is 0 Å². The van der Waals surface area contributed by atoms with Gasteiger partial charge in [0.25, 0.3) is 0 Å². The zero-order valence-corrected chi connectivity index (χ0v) is 10.2. The van der Waals surface area contributed by atoms with Crippen LogP contribution in [0.2, 0.25) is 0 Å². The van der Waals surface area contributed by atoms with Crippen LogP contribution in [0.1, 0.15) is 5.56 Å². The van der Waals surface area contributed by atoms with E-state index in [0.29, 0.717) is 0 Å². The van der Waals surface area contributed by atoms with Gasteiger partial charge in [-0.3, -0.25) is 0 Å². The van der Waals surface area contributed by atoms with Gasteiger partial charge in [0.15, 0.2) is 11.6 Å². The van der Waals surface area contributed by atoms with Crippen molar-refractivity contribution in [2.45, 2.75) is 13.2 Å². The van der Waals surface area contributed by atoms with E-state index in [4.69, 9.17) is 0 Å². The van der Waals surface area contributed by atoms with E-state index >= 15 is 0 Å². The largest absolute Gasteiger partial charge is 0.435 e. The molecule has 0 aliphatic carbocycles. The van der Waals surface area contributed by atoms with E-state index in [1.54, 1.807) is 12.1 Å². The molecule has 0 aliphatic heterocycles. The molecule has 0 spiro atoms. The predicted octanol–water partition coefficient (Wildman–Crippen LogP) is 4.18. The molecule has 6 heteroatoms. The van der Waals surface area contributed by atoms with Crippen molar-refractivity contribution in [3.63, 3.8) is 0 Å². The van der Waals surface area contributed by atoms with Crippen molar-refractivity contribution in [2.24, 2.45) is 0 Å². The minimum atomic E-state index is -2.87. The van der Waals surface area contributed by atoms with Crippen molar-refractivity contribution in [2.75, 3.05) is 5.32 Å². The Hall–Kier alpha value is -2.24. The molecule has 0 radical (unpaired) electrons. The third-order valence-electron chi connectivity index (χ3n) is 2.58. The van der Waals surface area contributed by atoms with Crippen LogP contribution in [-0.2, 0) is 6.54 Å². The Morgan fingerprint density at radius 3 is 2.35 bits per heavy atom. The van der Waals surface area contributed by atoms with Gasteiger partial charge in [-0.2, -0.15) is 8.78 Å². The summed E-state index contributed by atoms with van der Waals surface area (Å²) in [5.74, 6) is -1.85. The van der Waals surface area contributed by atoms with Crippen LogP contribution in [0.5, 0.6) is 5.75 Å². The second-order valence-corrected chi connectivity index (χ2v) is 3.98. The van der Waals surface area contributed by atoms with Gasteiger partial charge in [0.05, 0.1) is 5.69 Å². The van der Waals surface area contributed by atoms with Gasteiger partial charge in [-0.1, -0.05) is 18.2 Å². The normalized spacial score (nSPS) is 10.7. The highest BCUT2D eigenvalue weighted by molar-refractivity contribution is 5.45. The molecule has 106 valence electrons. The van der Waals surface area contributed by atoms with Crippen LogP contribution >= 0.6 is 0 Å². The number of rotatable bonds is 5. The summed E-state index contributed by atoms with van der Waals surface area (Å²) in [5.41, 5.74) is 0.758. The van der Waals surface area contributed by atoms with Crippen LogP contribution in [0.15, 0.2) is 42.5 Å². The summed E-state index contributed by atoms with van der Waals surface area (Å²) in [6, 6.07) is 9.70. The number of hydrogen-bond donors (Lipinski definition) is 1. The maximum atomic E-state index is 13.4. The highest BCUT2D eigenvalue weighted by Crippen LogP contribution is 2.19. The smallest absolute Gasteiger partial charge is 0.387 e. The standard InChI is InChI=1S/C14H11F4NO/c15-11-2-1-3-12(13(11)16)19-8-9-4-6-10(7-5-9)20-14(17)18/h1-7,14,19H,8H2. The van der Waals surface area contributed by atoms with Gasteiger partial charge in [0.1, 0.15) is 5.75 Å². The van der Waals surface area contributed by atoms with E-state index in [1.165, 1.54) is 24.3 Å². The van der Waals surface area contributed by atoms with Crippen LogP contribution in [0, 0.1) is 11.6 Å². The molecule has 0 aromatic heterocycles. The first-order chi connectivity index (χ1) is 9.56. The molecule has 0 fully saturated rings. The second kappa shape index (κ2) is 6.27. The number of ether oxygens (including phenoxy) is 1. The fraction of sp³-hybridized carbons (Fsp3) is 0.143. The van der Waals surface area contributed by atoms with E-state index in [2.05, 4.69) is 10.1 Å². The topological polar surface area (TPSA) is 21.3 Å². The van der Waals surface area contributed by atoms with E-state index in [1.807, 2.05) is 0 Å². The average molecular weight is 285 g/mol. The summed E-state index contributed by atoms with van der Waals surface area (Å²) in [4.78, 5) is 0. The van der Waals surface area contributed by atoms with Crippen LogP contribution in [0.3, 0.4) is 0 Å². The number of anilines is 1. The third kappa shape index (κ3) is 3.63. The molecule has 2 nitrogen and oxygen atoms in total. The summed E-state index contributed by atoms with van der Waals surface area (Å²) >= 11 is 0. The number of nitrogens with one attached hydrogen (secondary N) is 1. The molecule has 2 aromatic carbocycles. The third-order valence-corrected chi connectivity index (χ3v) is 2.58. The Kier molecular flexibility index (Phi) is 4.45. The Labute approximate surface area is 113 Å². The Balaban J connectivity index is 1.99. The number of hydrogen-bond acceptors (Lipinski definition) is 2. The molecule has 0 atom stereocenters. The molecule has 0 amide bonds. The van der Waals surface area contributed by atoms with E-state index in [-0.39, 0.29) is 18.0 Å². The molecular weight excluding hydrogens is 274 g/mol. The van der Waals surface area contributed by atoms with Crippen molar-refractivity contribution < 1.29 is 22.3 Å². The monoisotopic (exact) mass is 285 g/mol. The minimum Gasteiger partial charge on any atom is -0.435 e. The first kappa shape index (κ1) is 14.2. The Bertz CT molecular complexity index is 572. The fourth-order valence-electron chi connectivity index (χ4n) is 1.63. The number of benzene rings is 2. The molecule has 1 N–H and O–H groups in total. The zero-order valence-electron chi connectivity index (χ0n) is 10.2. The quantitative estimate of drug-likeness (QED) is 0.832. The number of alkyl halides is 2. The Morgan fingerprint density at radius 2 is 1.70 bits per heavy atom. The maximum absolute atomic E-state index is 13.4. The molecule has 2 aromatic rings. The summed E-state index contributed by atoms with van der Waals surface area (Å²) < 4.78 is 54.5. The van der Waals surface area contributed by atoms with E-state index in [0.717, 1.165) is 11.6 Å². The van der Waals surface area contributed by atoms with Crippen LogP contribution < -0.4 is 10.1 Å². The molecule has 2 rings (SSSR count). The highest BCUT2D eigenvalue weighted by Gasteiger charge is 2.07. The summed E-state index contributed by atoms with van der Waals surface area (Å²) in [6.45, 7) is -2.64. The highest BCUT2D eigenvalue weighted by atomic mass is 19.3. The number of halogens is 4. The van der Waals surface area contributed by atoms with Gasteiger partial charge in [-0.25, -0.2) is 8.78 Å². The molecule has 0 saturated carbocycles. The van der Waals surface area contributed by atoms with Gasteiger partial charge in [-0.15, -0.1) is 0 Å². The lowest BCUT2D eigenvalue weighted by Gasteiger charge is -2.09. The van der Waals surface area contributed by atoms with Crippen LogP contribution in [0.4, 0.5) is 23.2 Å². The van der Waals surface area contributed by atoms with Crippen LogP contribution in [0.25, 0.3) is 0 Å². The van der Waals surface area contributed by atoms with Crippen molar-refractivity contribution in [1.29, 1.82) is 0 Å². The average Bonchev–Trinajstić information content (AvgIpc) is 2.41. The molecule has 0 unspecified atom stereocenters. The van der Waals surface area contributed by atoms with Crippen molar-refractivity contribution in [3.05, 3.63) is 59.7 Å². The molecule has 0 bridgehead atoms. The van der Waals surface area contributed by atoms with E-state index < -0.39 is 18.2 Å². The minimum absolute atomic E-state index is 0.0397. The van der Waals surface area contributed by atoms with Gasteiger partial charge in [-0.05, 0) is 29.8 Å². The van der Waals surface area contributed by atoms with Crippen molar-refractivity contribution in [3.8, 4) is 5.75 Å². The van der Waals surface area contributed by atoms with Gasteiger partial charge in [0, 0.05) is 6.54 Å². The Morgan fingerprint density at radius 1 is 1.00 bits per heavy atom. The predicted molar refractivity (Wildman–Crippen MR) is 66.8 cm³/mol. The second-order valence-electron chi connectivity index (χ2n) is 3.98. The van der Waals surface area contributed by atoms with Crippen LogP contribution in [-0.4, -0.2) is 6.61 Å². The zero-order chi connectivity index (χ0) is 14.5.